The first-order valence-corrected chi connectivity index (χ1v) is 45.2. The Balaban J connectivity index is 0.000000203. The lowest BCUT2D eigenvalue weighted by molar-refractivity contribution is -0.193. The molecule has 36 nitrogen and oxygen atoms in total. The largest absolute Gasteiger partial charge is 0.497 e. The molecular weight excluding hydrogens is 1910 g/mol. The Hall–Kier alpha value is -15.2. The Morgan fingerprint density at radius 2 is 0.894 bits per heavy atom. The summed E-state index contributed by atoms with van der Waals surface area (Å²) >= 11 is 9.81. The number of fused-ring (bicyclic) bond motifs is 3. The molecule has 15 rings (SSSR count). The highest BCUT2D eigenvalue weighted by molar-refractivity contribution is 9.11. The number of hydrogen-bond donors (Lipinski definition) is 7. The number of benzene rings is 3. The Morgan fingerprint density at radius 3 is 1.26 bits per heavy atom. The quantitative estimate of drug-likeness (QED) is 0.00987. The molecule has 6 amide bonds. The van der Waals surface area contributed by atoms with E-state index < -0.39 is 48.6 Å². The number of carbonyl (C=O) groups excluding carboxylic acids is 13. The Kier molecular flexibility index (Phi) is 37.8. The minimum absolute atomic E-state index is 0.00662. The predicted octanol–water partition coefficient (Wildman–Crippen LogP) is 10.1. The number of hydrogen-bond acceptors (Lipinski definition) is 28. The molecule has 0 saturated carbocycles. The van der Waals surface area contributed by atoms with Gasteiger partial charge in [-0.05, 0) is 183 Å². The lowest BCUT2D eigenvalue weighted by atomic mass is 9.99. The van der Waals surface area contributed by atoms with Crippen LogP contribution in [0.25, 0.3) is 33.8 Å². The Morgan fingerprint density at radius 1 is 0.508 bits per heavy atom. The number of pyridine rings is 5. The number of esters is 2. The molecule has 132 heavy (non-hydrogen) atoms. The van der Waals surface area contributed by atoms with Gasteiger partial charge in [0.2, 0.25) is 5.54 Å². The molecule has 4 aliphatic heterocycles. The van der Waals surface area contributed by atoms with Gasteiger partial charge in [0.15, 0.2) is 22.6 Å². The second-order valence-corrected chi connectivity index (χ2v) is 36.8. The van der Waals surface area contributed by atoms with Crippen LogP contribution in [0.2, 0.25) is 19.6 Å². The van der Waals surface area contributed by atoms with Crippen LogP contribution in [-0.2, 0) is 62.7 Å². The number of Topliss-reactive ketones (excluding diaryl/α,β-unsaturated/α-hetero) is 1. The molecule has 3 aromatic carbocycles. The van der Waals surface area contributed by atoms with E-state index in [9.17, 15) is 43.2 Å². The summed E-state index contributed by atoms with van der Waals surface area (Å²) in [5.41, 5.74) is 10.7. The van der Waals surface area contributed by atoms with E-state index in [-0.39, 0.29) is 61.2 Å². The van der Waals surface area contributed by atoms with E-state index in [0.717, 1.165) is 63.9 Å². The number of methoxy groups -OCH3 is 5. The van der Waals surface area contributed by atoms with E-state index in [1.54, 1.807) is 179 Å². The van der Waals surface area contributed by atoms with Crippen LogP contribution in [-0.4, -0.2) is 230 Å². The molecule has 0 bridgehead atoms. The standard InChI is InChI=1S/C24H23N5O4.C23H18N6O4.C19H26N2O4Si.C9H8BrNO.C8H6BrN3.C7H6BrNO.2CO2/c1-25-24(23(31)33-3,8-6-16-10-18(13-26-12-16)21-7-9-27-28-21)15-29-14-17-4-5-19(32-2)11-20(17)22(29)30;1-33-17-3-2-15-12-29(20(30)18(15)9-17)13-23(21(31)26-22(32)27-23)6-4-14-8-16(11-24-10-14)19-5-7-25-28-19;1-20-19(18(23)25-3,9-10-26(4,5)6)13-21-12-14-7-8-15(24-2)11-16(14)17(21)22;1-2-3-9(12)7-4-8(10)6-11-5-7;9-7-3-6(4-10-5-7)8-1-2-11-12-8;1-5(10)6-2-7(8)4-9-3-6;2*2-1-3/h4-5,7,9-13,25H,14-15H2,1-3H3,(H,27,28);2-3,5,7-11H,12-13H2,1H3,(H,25,28)(H2,26,27,31,32);7-8,11,20H,12-13H2,1-6H3;2-6H,1H3;1-5H,(H,11,12);2-4H,1H3;;/b;;;3-2+;;;;/t24-;23-;19-;;;;;/m111...../s1. The summed E-state index contributed by atoms with van der Waals surface area (Å²) in [4.78, 5) is 168. The molecular formula is C92H87Br3N18O18Si. The van der Waals surface area contributed by atoms with Crippen molar-refractivity contribution in [1.82, 2.24) is 91.5 Å². The fourth-order valence-corrected chi connectivity index (χ4v) is 14.4. The van der Waals surface area contributed by atoms with Crippen molar-refractivity contribution in [2.75, 3.05) is 69.3 Å². The SMILES string of the molecule is Brc1cncc(-c2ccn[nH]2)c1.C/C=C/C(=O)c1cncc(Br)c1.CC(=O)c1cncc(Br)c1.CN[C@](C#C[Si](C)(C)C)(CN1Cc2ccc(OC)cc2C1=O)C(=O)OC.CN[C@](C#Cc1cncc(-c2ccn[nH]2)c1)(CN1Cc2ccc(OC)cc2C1=O)C(=O)OC.COc1ccc2c(c1)C(=O)N(C[C@@]1(C#Cc3cncc(-c4ccn[nH]4)c3)NC(=O)NC1=O)C2.O=C=O.O=C=O. The van der Waals surface area contributed by atoms with Gasteiger partial charge in [-0.2, -0.15) is 34.5 Å². The number of H-pyrrole nitrogens is 3. The van der Waals surface area contributed by atoms with Crippen molar-refractivity contribution < 1.29 is 86.0 Å². The minimum atomic E-state index is -1.72. The van der Waals surface area contributed by atoms with Gasteiger partial charge < -0.3 is 43.7 Å². The first-order valence-electron chi connectivity index (χ1n) is 39.3. The maximum absolute atomic E-state index is 13.0. The summed E-state index contributed by atoms with van der Waals surface area (Å²) in [6.45, 7) is 10.7. The summed E-state index contributed by atoms with van der Waals surface area (Å²) in [5.74, 6) is 14.4. The Labute approximate surface area is 783 Å². The second kappa shape index (κ2) is 48.8. The first-order chi connectivity index (χ1) is 63.2. The zero-order valence-corrected chi connectivity index (χ0v) is 78.9. The third-order valence-electron chi connectivity index (χ3n) is 19.3. The zero-order valence-electron chi connectivity index (χ0n) is 73.1. The number of rotatable bonds is 19. The number of ketones is 2. The molecule has 678 valence electrons. The number of aromatic amines is 3. The van der Waals surface area contributed by atoms with E-state index in [0.29, 0.717) is 75.8 Å². The number of imide groups is 1. The minimum Gasteiger partial charge on any atom is -0.497 e. The molecule has 0 spiro atoms. The molecule has 4 aliphatic rings. The van der Waals surface area contributed by atoms with E-state index in [1.807, 2.05) is 55.5 Å². The van der Waals surface area contributed by atoms with Gasteiger partial charge in [-0.3, -0.25) is 84.9 Å². The molecule has 40 heteroatoms. The molecule has 8 aromatic heterocycles. The number of aromatic nitrogens is 11. The highest BCUT2D eigenvalue weighted by Crippen LogP contribution is 2.33. The van der Waals surface area contributed by atoms with Crippen molar-refractivity contribution in [2.24, 2.45) is 0 Å². The van der Waals surface area contributed by atoms with Crippen LogP contribution in [0.4, 0.5) is 4.79 Å². The predicted molar refractivity (Wildman–Crippen MR) is 491 cm³/mol. The number of carbonyl (C=O) groups is 9. The number of ether oxygens (including phenoxy) is 5. The summed E-state index contributed by atoms with van der Waals surface area (Å²) in [7, 11) is 8.81. The lowest BCUT2D eigenvalue weighted by Gasteiger charge is -2.30. The average Bonchev–Trinajstić information content (AvgIpc) is 1.55. The number of halogens is 3. The molecule has 1 saturated heterocycles. The van der Waals surface area contributed by atoms with Crippen molar-refractivity contribution in [1.29, 1.82) is 0 Å². The van der Waals surface area contributed by atoms with Gasteiger partial charge in [0, 0.05) is 169 Å². The van der Waals surface area contributed by atoms with Crippen LogP contribution >= 0.6 is 47.8 Å². The summed E-state index contributed by atoms with van der Waals surface area (Å²) < 4.78 is 28.3. The number of nitrogens with zero attached hydrogens (tertiary/aromatic N) is 11. The monoisotopic (exact) mass is 2000 g/mol. The molecule has 0 unspecified atom stereocenters. The molecule has 7 N–H and O–H groups in total. The molecule has 3 atom stereocenters. The Bertz CT molecular complexity index is 6300. The number of amides is 6. The van der Waals surface area contributed by atoms with Crippen LogP contribution in [0.15, 0.2) is 209 Å². The number of allylic oxidation sites excluding steroid dienone is 2. The topological polar surface area (TPSA) is 476 Å². The highest BCUT2D eigenvalue weighted by Gasteiger charge is 2.49. The van der Waals surface area contributed by atoms with Gasteiger partial charge in [0.05, 0.1) is 72.3 Å². The van der Waals surface area contributed by atoms with Crippen LogP contribution in [0.3, 0.4) is 0 Å². The van der Waals surface area contributed by atoms with Crippen LogP contribution < -0.4 is 35.5 Å². The van der Waals surface area contributed by atoms with Gasteiger partial charge in [-0.1, -0.05) is 73.5 Å². The van der Waals surface area contributed by atoms with Crippen LogP contribution in [0, 0.1) is 35.1 Å². The molecule has 0 aliphatic carbocycles. The fourth-order valence-electron chi connectivity index (χ4n) is 12.7. The third-order valence-corrected chi connectivity index (χ3v) is 21.4. The van der Waals surface area contributed by atoms with E-state index in [2.05, 4.69) is 179 Å². The lowest BCUT2D eigenvalue weighted by Crippen LogP contribution is -2.57. The summed E-state index contributed by atoms with van der Waals surface area (Å²) in [5, 5.41) is 31.1. The zero-order chi connectivity index (χ0) is 96.3. The molecule has 12 heterocycles. The van der Waals surface area contributed by atoms with Crippen molar-refractivity contribution in [3.8, 4) is 86.2 Å². The van der Waals surface area contributed by atoms with Gasteiger partial charge in [0.25, 0.3) is 23.6 Å². The maximum atomic E-state index is 13.0. The van der Waals surface area contributed by atoms with Crippen LogP contribution in [0.1, 0.15) is 93.5 Å². The van der Waals surface area contributed by atoms with Crippen molar-refractivity contribution in [3.05, 3.63) is 265 Å². The molecule has 11 aromatic rings. The van der Waals surface area contributed by atoms with Gasteiger partial charge in [-0.25, -0.2) is 14.4 Å². The normalized spacial score (nSPS) is 14.1. The summed E-state index contributed by atoms with van der Waals surface area (Å²) in [6, 6.07) is 30.0. The number of likely N-dealkylation sites (N-methyl/N-ethyl adjacent to an activating group) is 2. The number of nitrogens with one attached hydrogen (secondary N) is 7. The van der Waals surface area contributed by atoms with E-state index in [4.69, 9.17) is 42.9 Å². The first kappa shape index (κ1) is 102. The van der Waals surface area contributed by atoms with Crippen LogP contribution in [0.5, 0.6) is 17.2 Å². The maximum Gasteiger partial charge on any atom is 0.373 e. The summed E-state index contributed by atoms with van der Waals surface area (Å²) in [6.07, 6.45) is 25.2. The smallest absolute Gasteiger partial charge is 0.373 e. The molecule has 0 radical (unpaired) electrons. The van der Waals surface area contributed by atoms with Gasteiger partial charge >= 0.3 is 30.3 Å². The average molecular weight is 2000 g/mol. The van der Waals surface area contributed by atoms with Gasteiger partial charge in [0.1, 0.15) is 25.3 Å². The molecule has 1 fully saturated rings. The van der Waals surface area contributed by atoms with Gasteiger partial charge in [-0.15, -0.1) is 5.54 Å². The second-order valence-electron chi connectivity index (χ2n) is 29.3. The third kappa shape index (κ3) is 27.9. The highest BCUT2D eigenvalue weighted by atomic mass is 79.9. The fraction of sp³-hybridized carbons (Fsp3) is 0.228. The number of urea groups is 1. The van der Waals surface area contributed by atoms with Crippen molar-refractivity contribution in [3.63, 3.8) is 0 Å². The van der Waals surface area contributed by atoms with Crippen molar-refractivity contribution in [2.45, 2.75) is 69.7 Å². The van der Waals surface area contributed by atoms with Crippen molar-refractivity contribution >= 4 is 121 Å². The van der Waals surface area contributed by atoms with E-state index >= 15 is 0 Å². The van der Waals surface area contributed by atoms with E-state index in [1.165, 1.54) is 39.2 Å².